The molecule has 4 heteroatoms. The molecule has 136 valence electrons. The summed E-state index contributed by atoms with van der Waals surface area (Å²) in [6.07, 6.45) is 2.34. The third-order valence-electron chi connectivity index (χ3n) is 3.58. The van der Waals surface area contributed by atoms with Gasteiger partial charge in [-0.3, -0.25) is 0 Å². The van der Waals surface area contributed by atoms with Crippen LogP contribution >= 0.6 is 0 Å². The minimum Gasteiger partial charge on any atom is -0.491 e. The van der Waals surface area contributed by atoms with E-state index in [1.807, 2.05) is 33.8 Å². The largest absolute Gasteiger partial charge is 0.491 e. The summed E-state index contributed by atoms with van der Waals surface area (Å²) in [5.74, 6) is -1.10. The van der Waals surface area contributed by atoms with E-state index < -0.39 is 11.8 Å². The number of aromatic carboxylic acids is 1. The van der Waals surface area contributed by atoms with Gasteiger partial charge in [-0.05, 0) is 47.7 Å². The molecule has 0 aliphatic carbocycles. The molecule has 0 aromatic heterocycles. The summed E-state index contributed by atoms with van der Waals surface area (Å²) in [6.45, 7) is 8.44. The molecule has 2 rings (SSSR count). The van der Waals surface area contributed by atoms with Gasteiger partial charge >= 0.3 is 5.97 Å². The quantitative estimate of drug-likeness (QED) is 0.673. The van der Waals surface area contributed by atoms with Gasteiger partial charge in [-0.15, -0.1) is 0 Å². The molecule has 0 saturated heterocycles. The van der Waals surface area contributed by atoms with Crippen molar-refractivity contribution < 1.29 is 19.0 Å². The van der Waals surface area contributed by atoms with Gasteiger partial charge in [0.25, 0.3) is 0 Å². The fraction of sp³-hybridized carbons (Fsp3) is 0.381. The SMILES string of the molecule is CC.CCCOc1ccc(-c2ccc(C(=O)O)c(CCC)c2)cc1F. The van der Waals surface area contributed by atoms with Crippen LogP contribution in [0.5, 0.6) is 5.75 Å². The van der Waals surface area contributed by atoms with Crippen molar-refractivity contribution in [1.29, 1.82) is 0 Å². The van der Waals surface area contributed by atoms with Crippen LogP contribution in [-0.4, -0.2) is 17.7 Å². The lowest BCUT2D eigenvalue weighted by atomic mass is 9.96. The van der Waals surface area contributed by atoms with E-state index in [4.69, 9.17) is 4.74 Å². The first kappa shape index (κ1) is 20.7. The smallest absolute Gasteiger partial charge is 0.335 e. The van der Waals surface area contributed by atoms with Gasteiger partial charge in [0, 0.05) is 0 Å². The number of carbonyl (C=O) groups is 1. The Morgan fingerprint density at radius 2 is 1.68 bits per heavy atom. The Bertz CT molecular complexity index is 696. The van der Waals surface area contributed by atoms with Crippen LogP contribution in [-0.2, 0) is 6.42 Å². The topological polar surface area (TPSA) is 46.5 Å². The maximum absolute atomic E-state index is 14.1. The molecular formula is C21H27FO3. The third-order valence-corrected chi connectivity index (χ3v) is 3.58. The van der Waals surface area contributed by atoms with Gasteiger partial charge in [0.15, 0.2) is 11.6 Å². The lowest BCUT2D eigenvalue weighted by Gasteiger charge is -2.11. The molecule has 0 amide bonds. The van der Waals surface area contributed by atoms with Crippen molar-refractivity contribution in [2.75, 3.05) is 6.61 Å². The summed E-state index contributed by atoms with van der Waals surface area (Å²) in [7, 11) is 0. The number of aryl methyl sites for hydroxylation is 1. The van der Waals surface area contributed by atoms with E-state index in [-0.39, 0.29) is 5.75 Å². The fourth-order valence-electron chi connectivity index (χ4n) is 2.47. The van der Waals surface area contributed by atoms with Gasteiger partial charge in [0.05, 0.1) is 12.2 Å². The minimum atomic E-state index is -0.936. The first-order valence-corrected chi connectivity index (χ1v) is 8.85. The average molecular weight is 346 g/mol. The Hall–Kier alpha value is -2.36. The summed E-state index contributed by atoms with van der Waals surface area (Å²) < 4.78 is 19.4. The molecule has 2 aromatic rings. The molecule has 0 heterocycles. The predicted octanol–water partition coefficient (Wildman–Crippen LogP) is 5.96. The Labute approximate surface area is 149 Å². The molecule has 1 N–H and O–H groups in total. The summed E-state index contributed by atoms with van der Waals surface area (Å²) in [6, 6.07) is 9.96. The summed E-state index contributed by atoms with van der Waals surface area (Å²) >= 11 is 0. The van der Waals surface area contributed by atoms with E-state index in [1.165, 1.54) is 6.07 Å². The standard InChI is InChI=1S/C19H21FO3.C2H6/c1-3-5-15-11-13(6-8-16(15)19(21)22)14-7-9-18(17(20)12-14)23-10-4-2;1-2/h6-9,11-12H,3-5,10H2,1-2H3,(H,21,22);1-2H3. The lowest BCUT2D eigenvalue weighted by Crippen LogP contribution is -2.02. The third kappa shape index (κ3) is 5.59. The summed E-state index contributed by atoms with van der Waals surface area (Å²) in [5.41, 5.74) is 2.59. The molecule has 0 radical (unpaired) electrons. The zero-order valence-electron chi connectivity index (χ0n) is 15.4. The Morgan fingerprint density at radius 3 is 2.24 bits per heavy atom. The van der Waals surface area contributed by atoms with Crippen molar-refractivity contribution in [3.8, 4) is 16.9 Å². The van der Waals surface area contributed by atoms with Crippen LogP contribution in [0, 0.1) is 5.82 Å². The number of benzene rings is 2. The van der Waals surface area contributed by atoms with E-state index in [0.29, 0.717) is 24.2 Å². The highest BCUT2D eigenvalue weighted by Gasteiger charge is 2.12. The number of carboxylic acids is 1. The molecule has 0 aliphatic rings. The van der Waals surface area contributed by atoms with Crippen LogP contribution in [0.15, 0.2) is 36.4 Å². The second-order valence-electron chi connectivity index (χ2n) is 5.42. The molecule has 0 fully saturated rings. The van der Waals surface area contributed by atoms with Gasteiger partial charge < -0.3 is 9.84 Å². The molecule has 0 saturated carbocycles. The van der Waals surface area contributed by atoms with Gasteiger partial charge in [-0.2, -0.15) is 0 Å². The van der Waals surface area contributed by atoms with E-state index >= 15 is 0 Å². The molecule has 0 atom stereocenters. The highest BCUT2D eigenvalue weighted by molar-refractivity contribution is 5.90. The summed E-state index contributed by atoms with van der Waals surface area (Å²) in [4.78, 5) is 11.3. The van der Waals surface area contributed by atoms with Crippen LogP contribution < -0.4 is 4.74 Å². The van der Waals surface area contributed by atoms with Crippen molar-refractivity contribution in [2.24, 2.45) is 0 Å². The molecule has 25 heavy (non-hydrogen) atoms. The monoisotopic (exact) mass is 346 g/mol. The second kappa shape index (κ2) is 10.5. The van der Waals surface area contributed by atoms with Crippen molar-refractivity contribution in [3.63, 3.8) is 0 Å². The zero-order valence-corrected chi connectivity index (χ0v) is 15.4. The van der Waals surface area contributed by atoms with E-state index in [0.717, 1.165) is 24.0 Å². The molecule has 0 bridgehead atoms. The van der Waals surface area contributed by atoms with Gasteiger partial charge in [0.2, 0.25) is 0 Å². The van der Waals surface area contributed by atoms with E-state index in [2.05, 4.69) is 0 Å². The van der Waals surface area contributed by atoms with Gasteiger partial charge in [0.1, 0.15) is 0 Å². The fourth-order valence-corrected chi connectivity index (χ4v) is 2.47. The van der Waals surface area contributed by atoms with Crippen molar-refractivity contribution in [3.05, 3.63) is 53.3 Å². The normalized spacial score (nSPS) is 9.96. The average Bonchev–Trinajstić information content (AvgIpc) is 2.62. The number of halogens is 1. The second-order valence-corrected chi connectivity index (χ2v) is 5.42. The minimum absolute atomic E-state index is 0.242. The molecule has 0 spiro atoms. The van der Waals surface area contributed by atoms with Gasteiger partial charge in [-0.25, -0.2) is 9.18 Å². The van der Waals surface area contributed by atoms with Crippen molar-refractivity contribution >= 4 is 5.97 Å². The number of ether oxygens (including phenoxy) is 1. The highest BCUT2D eigenvalue weighted by Crippen LogP contribution is 2.28. The Morgan fingerprint density at radius 1 is 1.04 bits per heavy atom. The van der Waals surface area contributed by atoms with Crippen LogP contribution in [0.2, 0.25) is 0 Å². The van der Waals surface area contributed by atoms with Crippen molar-refractivity contribution in [1.82, 2.24) is 0 Å². The predicted molar refractivity (Wildman–Crippen MR) is 99.9 cm³/mol. The summed E-state index contributed by atoms with van der Waals surface area (Å²) in [5, 5.41) is 9.24. The first-order chi connectivity index (χ1) is 12.1. The maximum atomic E-state index is 14.1. The van der Waals surface area contributed by atoms with Crippen LogP contribution in [0.25, 0.3) is 11.1 Å². The van der Waals surface area contributed by atoms with Crippen LogP contribution in [0.1, 0.15) is 56.5 Å². The highest BCUT2D eigenvalue weighted by atomic mass is 19.1. The maximum Gasteiger partial charge on any atom is 0.335 e. The van der Waals surface area contributed by atoms with Crippen molar-refractivity contribution in [2.45, 2.75) is 47.0 Å². The molecule has 3 nitrogen and oxygen atoms in total. The Kier molecular flexibility index (Phi) is 8.68. The number of rotatable bonds is 7. The number of hydrogen-bond acceptors (Lipinski definition) is 2. The van der Waals surface area contributed by atoms with Crippen LogP contribution in [0.3, 0.4) is 0 Å². The molecule has 0 aliphatic heterocycles. The number of carboxylic acid groups (broad SMARTS) is 1. The van der Waals surface area contributed by atoms with Gasteiger partial charge in [-0.1, -0.05) is 52.3 Å². The zero-order chi connectivity index (χ0) is 18.8. The first-order valence-electron chi connectivity index (χ1n) is 8.85. The molecule has 2 aromatic carbocycles. The molecular weight excluding hydrogens is 319 g/mol. The Balaban J connectivity index is 0.00000151. The molecule has 0 unspecified atom stereocenters. The lowest BCUT2D eigenvalue weighted by molar-refractivity contribution is 0.0695. The van der Waals surface area contributed by atoms with E-state index in [9.17, 15) is 14.3 Å². The number of hydrogen-bond donors (Lipinski definition) is 1. The van der Waals surface area contributed by atoms with Crippen LogP contribution in [0.4, 0.5) is 4.39 Å². The van der Waals surface area contributed by atoms with E-state index in [1.54, 1.807) is 24.3 Å².